The van der Waals surface area contributed by atoms with Crippen LogP contribution < -0.4 is 5.32 Å². The topological polar surface area (TPSA) is 29.1 Å². The highest BCUT2D eigenvalue weighted by molar-refractivity contribution is 9.11. The third kappa shape index (κ3) is 3.80. The number of rotatable bonds is 3. The first-order chi connectivity index (χ1) is 7.00. The highest BCUT2D eigenvalue weighted by Crippen LogP contribution is 2.17. The SMILES string of the molecule is C=C(Br)CNC(=O)c1ccc(C)c(Br)c1. The highest BCUT2D eigenvalue weighted by atomic mass is 79.9. The van der Waals surface area contributed by atoms with Crippen LogP contribution >= 0.6 is 31.9 Å². The summed E-state index contributed by atoms with van der Waals surface area (Å²) in [5, 5.41) is 2.74. The Kier molecular flexibility index (Phi) is 4.54. The molecule has 0 saturated carbocycles. The number of amides is 1. The first-order valence-electron chi connectivity index (χ1n) is 4.38. The lowest BCUT2D eigenvalue weighted by Gasteiger charge is -2.05. The summed E-state index contributed by atoms with van der Waals surface area (Å²) < 4.78 is 1.69. The summed E-state index contributed by atoms with van der Waals surface area (Å²) in [6, 6.07) is 5.51. The molecule has 0 bridgehead atoms. The van der Waals surface area contributed by atoms with Crippen LogP contribution in [0.25, 0.3) is 0 Å². The average Bonchev–Trinajstić information content (AvgIpc) is 2.18. The van der Waals surface area contributed by atoms with Gasteiger partial charge in [0.25, 0.3) is 5.91 Å². The van der Waals surface area contributed by atoms with Crippen LogP contribution in [-0.2, 0) is 0 Å². The van der Waals surface area contributed by atoms with Gasteiger partial charge in [-0.05, 0) is 24.6 Å². The van der Waals surface area contributed by atoms with Crippen LogP contribution in [0.2, 0.25) is 0 Å². The second-order valence-electron chi connectivity index (χ2n) is 3.16. The third-order valence-electron chi connectivity index (χ3n) is 1.87. The maximum absolute atomic E-state index is 11.6. The number of carbonyl (C=O) groups is 1. The van der Waals surface area contributed by atoms with E-state index in [4.69, 9.17) is 0 Å². The fourth-order valence-corrected chi connectivity index (χ4v) is 1.53. The van der Waals surface area contributed by atoms with Crippen molar-refractivity contribution in [2.45, 2.75) is 6.92 Å². The van der Waals surface area contributed by atoms with Crippen molar-refractivity contribution < 1.29 is 4.79 Å². The molecule has 0 saturated heterocycles. The molecule has 1 amide bonds. The van der Waals surface area contributed by atoms with Crippen LogP contribution in [0.15, 0.2) is 33.7 Å². The van der Waals surface area contributed by atoms with Gasteiger partial charge in [-0.2, -0.15) is 0 Å². The standard InChI is InChI=1S/C11H11Br2NO/c1-7-3-4-9(5-10(7)13)11(15)14-6-8(2)12/h3-5H,2,6H2,1H3,(H,14,15). The Morgan fingerprint density at radius 2 is 2.20 bits per heavy atom. The number of carbonyl (C=O) groups excluding carboxylic acids is 1. The average molecular weight is 333 g/mol. The lowest BCUT2D eigenvalue weighted by molar-refractivity contribution is 0.0957. The molecule has 1 rings (SSSR count). The molecule has 1 N–H and O–H groups in total. The van der Waals surface area contributed by atoms with Crippen LogP contribution in [0.4, 0.5) is 0 Å². The van der Waals surface area contributed by atoms with Crippen molar-refractivity contribution in [3.05, 3.63) is 44.9 Å². The Bertz CT molecular complexity index is 402. The predicted molar refractivity (Wildman–Crippen MR) is 69.3 cm³/mol. The predicted octanol–water partition coefficient (Wildman–Crippen LogP) is 3.40. The molecular formula is C11H11Br2NO. The zero-order valence-corrected chi connectivity index (χ0v) is 11.5. The van der Waals surface area contributed by atoms with Crippen molar-refractivity contribution in [2.75, 3.05) is 6.54 Å². The summed E-state index contributed by atoms with van der Waals surface area (Å²) in [6.45, 7) is 6.06. The molecule has 4 heteroatoms. The summed E-state index contributed by atoms with van der Waals surface area (Å²) in [7, 11) is 0. The Labute approximate surface area is 106 Å². The fraction of sp³-hybridized carbons (Fsp3) is 0.182. The molecule has 0 aliphatic carbocycles. The van der Waals surface area contributed by atoms with Gasteiger partial charge in [0.05, 0.1) is 0 Å². The van der Waals surface area contributed by atoms with E-state index in [-0.39, 0.29) is 5.91 Å². The van der Waals surface area contributed by atoms with E-state index in [1.165, 1.54) is 0 Å². The van der Waals surface area contributed by atoms with Crippen LogP contribution in [0.3, 0.4) is 0 Å². The zero-order chi connectivity index (χ0) is 11.4. The molecule has 2 nitrogen and oxygen atoms in total. The monoisotopic (exact) mass is 331 g/mol. The molecule has 0 radical (unpaired) electrons. The van der Waals surface area contributed by atoms with Gasteiger partial charge in [-0.3, -0.25) is 4.79 Å². The Balaban J connectivity index is 2.74. The molecule has 0 aliphatic rings. The van der Waals surface area contributed by atoms with Gasteiger partial charge in [-0.1, -0.05) is 44.5 Å². The molecule has 80 valence electrons. The summed E-state index contributed by atoms with van der Waals surface area (Å²) in [5.74, 6) is -0.101. The fourth-order valence-electron chi connectivity index (χ4n) is 1.01. The van der Waals surface area contributed by atoms with E-state index in [1.54, 1.807) is 6.07 Å². The molecule has 0 heterocycles. The minimum Gasteiger partial charge on any atom is -0.347 e. The molecule has 1 aromatic carbocycles. The Hall–Kier alpha value is -0.610. The largest absolute Gasteiger partial charge is 0.347 e. The van der Waals surface area contributed by atoms with Crippen molar-refractivity contribution in [1.29, 1.82) is 0 Å². The van der Waals surface area contributed by atoms with Crippen molar-refractivity contribution in [2.24, 2.45) is 0 Å². The minimum absolute atomic E-state index is 0.101. The van der Waals surface area contributed by atoms with Gasteiger partial charge in [-0.25, -0.2) is 0 Å². The summed E-state index contributed by atoms with van der Waals surface area (Å²) in [6.07, 6.45) is 0. The maximum atomic E-state index is 11.6. The minimum atomic E-state index is -0.101. The molecule has 0 unspecified atom stereocenters. The van der Waals surface area contributed by atoms with E-state index in [0.717, 1.165) is 14.5 Å². The van der Waals surface area contributed by atoms with Gasteiger partial charge >= 0.3 is 0 Å². The second kappa shape index (κ2) is 5.47. The lowest BCUT2D eigenvalue weighted by atomic mass is 10.1. The van der Waals surface area contributed by atoms with E-state index in [0.29, 0.717) is 12.1 Å². The quantitative estimate of drug-likeness (QED) is 0.903. The van der Waals surface area contributed by atoms with Gasteiger partial charge in [-0.15, -0.1) is 0 Å². The lowest BCUT2D eigenvalue weighted by Crippen LogP contribution is -2.24. The van der Waals surface area contributed by atoms with Crippen molar-refractivity contribution >= 4 is 37.8 Å². The maximum Gasteiger partial charge on any atom is 0.251 e. The van der Waals surface area contributed by atoms with Gasteiger partial charge in [0.2, 0.25) is 0 Å². The number of nitrogens with one attached hydrogen (secondary N) is 1. The van der Waals surface area contributed by atoms with Crippen LogP contribution in [-0.4, -0.2) is 12.5 Å². The number of aryl methyl sites for hydroxylation is 1. The number of benzene rings is 1. The van der Waals surface area contributed by atoms with E-state index in [1.807, 2.05) is 19.1 Å². The number of halogens is 2. The van der Waals surface area contributed by atoms with E-state index >= 15 is 0 Å². The van der Waals surface area contributed by atoms with Crippen LogP contribution in [0, 0.1) is 6.92 Å². The van der Waals surface area contributed by atoms with E-state index < -0.39 is 0 Å². The van der Waals surface area contributed by atoms with Crippen LogP contribution in [0.5, 0.6) is 0 Å². The van der Waals surface area contributed by atoms with Gasteiger partial charge in [0.15, 0.2) is 0 Å². The van der Waals surface area contributed by atoms with Crippen LogP contribution in [0.1, 0.15) is 15.9 Å². The summed E-state index contributed by atoms with van der Waals surface area (Å²) in [5.41, 5.74) is 1.75. The van der Waals surface area contributed by atoms with Crippen molar-refractivity contribution in [3.8, 4) is 0 Å². The molecule has 0 atom stereocenters. The third-order valence-corrected chi connectivity index (χ3v) is 3.01. The molecule has 0 fully saturated rings. The molecule has 15 heavy (non-hydrogen) atoms. The van der Waals surface area contributed by atoms with Crippen molar-refractivity contribution in [3.63, 3.8) is 0 Å². The summed E-state index contributed by atoms with van der Waals surface area (Å²) >= 11 is 6.57. The smallest absolute Gasteiger partial charge is 0.251 e. The molecule has 0 aromatic heterocycles. The zero-order valence-electron chi connectivity index (χ0n) is 8.31. The first kappa shape index (κ1) is 12.5. The molecule has 1 aromatic rings. The number of hydrogen-bond acceptors (Lipinski definition) is 1. The van der Waals surface area contributed by atoms with Gasteiger partial charge < -0.3 is 5.32 Å². The first-order valence-corrected chi connectivity index (χ1v) is 5.97. The highest BCUT2D eigenvalue weighted by Gasteiger charge is 2.06. The van der Waals surface area contributed by atoms with E-state index in [9.17, 15) is 4.79 Å². The molecule has 0 spiro atoms. The Morgan fingerprint density at radius 3 is 2.73 bits per heavy atom. The van der Waals surface area contributed by atoms with Crippen molar-refractivity contribution in [1.82, 2.24) is 5.32 Å². The Morgan fingerprint density at radius 1 is 1.53 bits per heavy atom. The summed E-state index contributed by atoms with van der Waals surface area (Å²) in [4.78, 5) is 11.6. The normalized spacial score (nSPS) is 9.80. The molecule has 0 aliphatic heterocycles. The van der Waals surface area contributed by atoms with Gasteiger partial charge in [0, 0.05) is 21.1 Å². The second-order valence-corrected chi connectivity index (χ2v) is 5.14. The van der Waals surface area contributed by atoms with Gasteiger partial charge in [0.1, 0.15) is 0 Å². The molecular weight excluding hydrogens is 322 g/mol. The number of hydrogen-bond donors (Lipinski definition) is 1. The van der Waals surface area contributed by atoms with E-state index in [2.05, 4.69) is 43.8 Å².